The number of nitrogens with zero attached hydrogens (tertiary/aromatic N) is 3. The van der Waals surface area contributed by atoms with Gasteiger partial charge in [-0.15, -0.1) is 5.10 Å². The number of nitrogen functional groups attached to an aromatic ring is 1. The zero-order chi connectivity index (χ0) is 16.4. The third kappa shape index (κ3) is 3.04. The molecule has 1 aromatic heterocycles. The first-order chi connectivity index (χ1) is 11.8. The van der Waals surface area contributed by atoms with Gasteiger partial charge in [-0.05, 0) is 48.6 Å². The van der Waals surface area contributed by atoms with E-state index in [0.29, 0.717) is 0 Å². The summed E-state index contributed by atoms with van der Waals surface area (Å²) in [6, 6.07) is 16.5. The molecule has 0 aliphatic heterocycles. The Morgan fingerprint density at radius 2 is 1.58 bits per heavy atom. The fraction of sp³-hybridized carbons (Fsp3) is 0.300. The van der Waals surface area contributed by atoms with Crippen LogP contribution in [0.2, 0.25) is 0 Å². The minimum atomic E-state index is 0.734. The quantitative estimate of drug-likeness (QED) is 0.720. The van der Waals surface area contributed by atoms with Gasteiger partial charge < -0.3 is 5.73 Å². The molecule has 1 aliphatic carbocycles. The molecule has 4 heteroatoms. The predicted molar refractivity (Wildman–Crippen MR) is 97.0 cm³/mol. The van der Waals surface area contributed by atoms with Crippen LogP contribution in [0, 0.1) is 0 Å². The predicted octanol–water partition coefficient (Wildman–Crippen LogP) is 4.56. The maximum atomic E-state index is 5.73. The largest absolute Gasteiger partial charge is 0.399 e. The van der Waals surface area contributed by atoms with Gasteiger partial charge in [0, 0.05) is 11.3 Å². The zero-order valence-corrected chi connectivity index (χ0v) is 13.7. The third-order valence-electron chi connectivity index (χ3n) is 4.93. The van der Waals surface area contributed by atoms with Crippen molar-refractivity contribution in [3.8, 4) is 16.9 Å². The fourth-order valence-corrected chi connectivity index (χ4v) is 3.51. The van der Waals surface area contributed by atoms with Gasteiger partial charge in [-0.1, -0.05) is 48.7 Å². The van der Waals surface area contributed by atoms with Crippen LogP contribution in [0.1, 0.15) is 43.6 Å². The minimum absolute atomic E-state index is 0.734. The van der Waals surface area contributed by atoms with Gasteiger partial charge in [-0.25, -0.2) is 4.68 Å². The second-order valence-electron chi connectivity index (χ2n) is 6.60. The van der Waals surface area contributed by atoms with Gasteiger partial charge in [-0.2, -0.15) is 0 Å². The van der Waals surface area contributed by atoms with Crippen molar-refractivity contribution in [1.82, 2.24) is 15.0 Å². The highest BCUT2D eigenvalue weighted by molar-refractivity contribution is 5.59. The third-order valence-corrected chi connectivity index (χ3v) is 4.93. The highest BCUT2D eigenvalue weighted by Crippen LogP contribution is 2.33. The topological polar surface area (TPSA) is 56.7 Å². The summed E-state index contributed by atoms with van der Waals surface area (Å²) in [5.74, 6) is 0.734. The second kappa shape index (κ2) is 6.48. The molecule has 0 unspecified atom stereocenters. The number of hydrogen-bond donors (Lipinski definition) is 1. The lowest BCUT2D eigenvalue weighted by Gasteiger charge is -2.21. The van der Waals surface area contributed by atoms with E-state index in [1.54, 1.807) is 4.68 Å². The number of nitrogens with two attached hydrogens (primary N) is 1. The summed E-state index contributed by atoms with van der Waals surface area (Å²) in [5.41, 5.74) is 10.9. The van der Waals surface area contributed by atoms with Crippen LogP contribution in [0.15, 0.2) is 54.7 Å². The number of anilines is 1. The van der Waals surface area contributed by atoms with Crippen LogP contribution in [-0.4, -0.2) is 15.0 Å². The van der Waals surface area contributed by atoms with E-state index in [-0.39, 0.29) is 0 Å². The summed E-state index contributed by atoms with van der Waals surface area (Å²) in [6.45, 7) is 0. The standard InChI is InChI=1S/C20H22N4/c21-18-10-12-19(13-11-18)24-14-20(22-23-24)17-8-6-16(7-9-17)15-4-2-1-3-5-15/h6-15H,1-5,21H2. The lowest BCUT2D eigenvalue weighted by atomic mass is 9.84. The molecule has 1 fully saturated rings. The zero-order valence-electron chi connectivity index (χ0n) is 13.7. The lowest BCUT2D eigenvalue weighted by Crippen LogP contribution is -2.04. The molecule has 0 spiro atoms. The van der Waals surface area contributed by atoms with Gasteiger partial charge in [0.1, 0.15) is 5.69 Å². The SMILES string of the molecule is Nc1ccc(-n2cc(-c3ccc(C4CCCCC4)cc3)nn2)cc1. The Bertz CT molecular complexity index is 796. The molecule has 4 nitrogen and oxygen atoms in total. The summed E-state index contributed by atoms with van der Waals surface area (Å²) in [4.78, 5) is 0. The Kier molecular flexibility index (Phi) is 4.03. The van der Waals surface area contributed by atoms with E-state index in [1.165, 1.54) is 37.7 Å². The van der Waals surface area contributed by atoms with Crippen molar-refractivity contribution in [3.05, 3.63) is 60.3 Å². The first kappa shape index (κ1) is 14.9. The van der Waals surface area contributed by atoms with Crippen LogP contribution < -0.4 is 5.73 Å². The van der Waals surface area contributed by atoms with Crippen molar-refractivity contribution in [3.63, 3.8) is 0 Å². The Balaban J connectivity index is 1.54. The monoisotopic (exact) mass is 318 g/mol. The van der Waals surface area contributed by atoms with E-state index in [1.807, 2.05) is 30.5 Å². The average Bonchev–Trinajstić information content (AvgIpc) is 3.13. The second-order valence-corrected chi connectivity index (χ2v) is 6.60. The number of benzene rings is 2. The maximum absolute atomic E-state index is 5.73. The summed E-state index contributed by atoms with van der Waals surface area (Å²) in [6.07, 6.45) is 8.73. The molecule has 1 heterocycles. The number of rotatable bonds is 3. The smallest absolute Gasteiger partial charge is 0.113 e. The normalized spacial score (nSPS) is 15.5. The van der Waals surface area contributed by atoms with Crippen molar-refractivity contribution >= 4 is 5.69 Å². The van der Waals surface area contributed by atoms with E-state index in [0.717, 1.165) is 28.6 Å². The molecule has 1 aliphatic rings. The minimum Gasteiger partial charge on any atom is -0.399 e. The van der Waals surface area contributed by atoms with E-state index >= 15 is 0 Å². The Morgan fingerprint density at radius 3 is 2.29 bits per heavy atom. The number of hydrogen-bond acceptors (Lipinski definition) is 3. The van der Waals surface area contributed by atoms with E-state index in [9.17, 15) is 0 Å². The first-order valence-corrected chi connectivity index (χ1v) is 8.68. The molecule has 122 valence electrons. The van der Waals surface area contributed by atoms with Crippen LogP contribution in [0.3, 0.4) is 0 Å². The Labute approximate surface area is 142 Å². The maximum Gasteiger partial charge on any atom is 0.113 e. The molecular formula is C20H22N4. The van der Waals surface area contributed by atoms with Crippen molar-refractivity contribution < 1.29 is 0 Å². The molecule has 0 atom stereocenters. The van der Waals surface area contributed by atoms with Gasteiger partial charge in [0.25, 0.3) is 0 Å². The summed E-state index contributed by atoms with van der Waals surface area (Å²) in [5, 5.41) is 8.54. The molecular weight excluding hydrogens is 296 g/mol. The lowest BCUT2D eigenvalue weighted by molar-refractivity contribution is 0.443. The van der Waals surface area contributed by atoms with E-state index < -0.39 is 0 Å². The van der Waals surface area contributed by atoms with Crippen molar-refractivity contribution in [2.24, 2.45) is 0 Å². The molecule has 2 N–H and O–H groups in total. The van der Waals surface area contributed by atoms with Crippen molar-refractivity contribution in [2.45, 2.75) is 38.0 Å². The van der Waals surface area contributed by atoms with Crippen LogP contribution in [0.25, 0.3) is 16.9 Å². The van der Waals surface area contributed by atoms with Crippen LogP contribution in [-0.2, 0) is 0 Å². The molecule has 4 rings (SSSR count). The van der Waals surface area contributed by atoms with Crippen molar-refractivity contribution in [2.75, 3.05) is 5.73 Å². The van der Waals surface area contributed by atoms with Gasteiger partial charge in [0.2, 0.25) is 0 Å². The van der Waals surface area contributed by atoms with Gasteiger partial charge in [0.05, 0.1) is 11.9 Å². The van der Waals surface area contributed by atoms with Crippen LogP contribution in [0.5, 0.6) is 0 Å². The first-order valence-electron chi connectivity index (χ1n) is 8.68. The van der Waals surface area contributed by atoms with Crippen molar-refractivity contribution in [1.29, 1.82) is 0 Å². The van der Waals surface area contributed by atoms with E-state index in [2.05, 4.69) is 34.6 Å². The fourth-order valence-electron chi connectivity index (χ4n) is 3.51. The van der Waals surface area contributed by atoms with E-state index in [4.69, 9.17) is 5.73 Å². The summed E-state index contributed by atoms with van der Waals surface area (Å²) in [7, 11) is 0. The Hall–Kier alpha value is -2.62. The molecule has 0 amide bonds. The molecule has 0 radical (unpaired) electrons. The van der Waals surface area contributed by atoms with Crippen LogP contribution in [0.4, 0.5) is 5.69 Å². The van der Waals surface area contributed by atoms with Crippen LogP contribution >= 0.6 is 0 Å². The molecule has 3 aromatic rings. The highest BCUT2D eigenvalue weighted by atomic mass is 15.4. The molecule has 0 bridgehead atoms. The Morgan fingerprint density at radius 1 is 0.875 bits per heavy atom. The molecule has 24 heavy (non-hydrogen) atoms. The highest BCUT2D eigenvalue weighted by Gasteiger charge is 2.15. The van der Waals surface area contributed by atoms with Gasteiger partial charge in [-0.3, -0.25) is 0 Å². The number of aromatic nitrogens is 3. The molecule has 2 aromatic carbocycles. The summed E-state index contributed by atoms with van der Waals surface area (Å²) >= 11 is 0. The average molecular weight is 318 g/mol. The molecule has 1 saturated carbocycles. The van der Waals surface area contributed by atoms with Gasteiger partial charge >= 0.3 is 0 Å². The van der Waals surface area contributed by atoms with Gasteiger partial charge in [0.15, 0.2) is 0 Å². The molecule has 0 saturated heterocycles. The summed E-state index contributed by atoms with van der Waals surface area (Å²) < 4.78 is 1.78.